The van der Waals surface area contributed by atoms with Gasteiger partial charge in [-0.25, -0.2) is 4.39 Å². The number of ether oxygens (including phenoxy) is 1. The first kappa shape index (κ1) is 13.1. The van der Waals surface area contributed by atoms with Crippen molar-refractivity contribution in [1.29, 1.82) is 0 Å². The van der Waals surface area contributed by atoms with E-state index >= 15 is 0 Å². The molecule has 0 amide bonds. The lowest BCUT2D eigenvalue weighted by Gasteiger charge is -2.25. The summed E-state index contributed by atoms with van der Waals surface area (Å²) < 4.78 is 19.1. The van der Waals surface area contributed by atoms with Gasteiger partial charge >= 0.3 is 0 Å². The van der Waals surface area contributed by atoms with Gasteiger partial charge in [-0.05, 0) is 38.1 Å². The Hall–Kier alpha value is -1.39. The molecule has 1 aromatic heterocycles. The van der Waals surface area contributed by atoms with Crippen molar-refractivity contribution in [2.45, 2.75) is 19.4 Å². The second-order valence-electron chi connectivity index (χ2n) is 4.30. The highest BCUT2D eigenvalue weighted by Crippen LogP contribution is 2.39. The molecule has 0 fully saturated rings. The van der Waals surface area contributed by atoms with Crippen LogP contribution in [0.4, 0.5) is 4.39 Å². The maximum Gasteiger partial charge on any atom is 0.133 e. The molecule has 1 heterocycles. The highest BCUT2D eigenvalue weighted by atomic mass is 32.1. The smallest absolute Gasteiger partial charge is 0.133 e. The lowest BCUT2D eigenvalue weighted by atomic mass is 9.93. The molecule has 0 saturated heterocycles. The third-order valence-corrected chi connectivity index (χ3v) is 4.11. The number of hydrogen-bond donors (Lipinski definition) is 1. The Morgan fingerprint density at radius 1 is 1.28 bits per heavy atom. The van der Waals surface area contributed by atoms with Gasteiger partial charge in [0.25, 0.3) is 0 Å². The van der Waals surface area contributed by atoms with Crippen LogP contribution in [0.15, 0.2) is 30.3 Å². The van der Waals surface area contributed by atoms with Crippen molar-refractivity contribution in [2.24, 2.45) is 0 Å². The predicted octanol–water partition coefficient (Wildman–Crippen LogP) is 3.46. The van der Waals surface area contributed by atoms with Gasteiger partial charge in [-0.15, -0.1) is 11.3 Å². The minimum atomic E-state index is -1.39. The highest BCUT2D eigenvalue weighted by Gasteiger charge is 2.33. The molecular weight excluding hydrogens is 251 g/mol. The van der Waals surface area contributed by atoms with Crippen LogP contribution in [0.25, 0.3) is 0 Å². The SMILES string of the molecule is COc1cccc(F)c1C(C)(O)c1ccc(C)s1. The Morgan fingerprint density at radius 2 is 2.00 bits per heavy atom. The third-order valence-electron chi connectivity index (χ3n) is 2.90. The van der Waals surface area contributed by atoms with Crippen molar-refractivity contribution in [2.75, 3.05) is 7.11 Å². The zero-order chi connectivity index (χ0) is 13.3. The standard InChI is InChI=1S/C14H15FO2S/c1-9-7-8-12(18-9)14(2,16)13-10(15)5-4-6-11(13)17-3/h4-8,16H,1-3H3. The van der Waals surface area contributed by atoms with E-state index in [4.69, 9.17) is 4.74 Å². The Labute approximate surface area is 110 Å². The number of halogens is 1. The first-order valence-electron chi connectivity index (χ1n) is 5.59. The van der Waals surface area contributed by atoms with Gasteiger partial charge in [-0.2, -0.15) is 0 Å². The summed E-state index contributed by atoms with van der Waals surface area (Å²) in [5.74, 6) is -0.114. The normalized spacial score (nSPS) is 14.3. The van der Waals surface area contributed by atoms with E-state index in [1.165, 1.54) is 24.5 Å². The van der Waals surface area contributed by atoms with E-state index in [1.807, 2.05) is 19.1 Å². The largest absolute Gasteiger partial charge is 0.496 e. The van der Waals surface area contributed by atoms with Gasteiger partial charge in [0, 0.05) is 9.75 Å². The third kappa shape index (κ3) is 2.13. The minimum Gasteiger partial charge on any atom is -0.496 e. The minimum absolute atomic E-state index is 0.175. The van der Waals surface area contributed by atoms with E-state index in [2.05, 4.69) is 0 Å². The molecule has 96 valence electrons. The van der Waals surface area contributed by atoms with Crippen LogP contribution in [-0.2, 0) is 5.60 Å². The molecule has 0 aliphatic heterocycles. The Balaban J connectivity index is 2.60. The lowest BCUT2D eigenvalue weighted by molar-refractivity contribution is 0.0983. The van der Waals surface area contributed by atoms with Crippen LogP contribution < -0.4 is 4.74 Å². The van der Waals surface area contributed by atoms with E-state index in [0.717, 1.165) is 4.88 Å². The first-order valence-corrected chi connectivity index (χ1v) is 6.40. The van der Waals surface area contributed by atoms with Crippen molar-refractivity contribution in [3.05, 3.63) is 51.5 Å². The Kier molecular flexibility index (Phi) is 3.41. The van der Waals surface area contributed by atoms with Gasteiger partial charge in [0.1, 0.15) is 17.2 Å². The van der Waals surface area contributed by atoms with E-state index in [1.54, 1.807) is 19.1 Å². The Bertz CT molecular complexity index is 561. The van der Waals surface area contributed by atoms with Crippen LogP contribution in [0, 0.1) is 12.7 Å². The van der Waals surface area contributed by atoms with Crippen molar-refractivity contribution in [3.63, 3.8) is 0 Å². The van der Waals surface area contributed by atoms with Crippen molar-refractivity contribution in [3.8, 4) is 5.75 Å². The number of thiophene rings is 1. The number of methoxy groups -OCH3 is 1. The van der Waals surface area contributed by atoms with Gasteiger partial charge in [0.15, 0.2) is 0 Å². The summed E-state index contributed by atoms with van der Waals surface area (Å²) in [4.78, 5) is 1.77. The topological polar surface area (TPSA) is 29.5 Å². The van der Waals surface area contributed by atoms with Crippen LogP contribution in [0.1, 0.15) is 22.2 Å². The summed E-state index contributed by atoms with van der Waals surface area (Å²) in [6.45, 7) is 3.53. The van der Waals surface area contributed by atoms with Gasteiger partial charge in [0.05, 0.1) is 12.7 Å². The van der Waals surface area contributed by atoms with Gasteiger partial charge < -0.3 is 9.84 Å². The predicted molar refractivity (Wildman–Crippen MR) is 70.7 cm³/mol. The summed E-state index contributed by atoms with van der Waals surface area (Å²) in [6.07, 6.45) is 0. The number of hydrogen-bond acceptors (Lipinski definition) is 3. The molecule has 18 heavy (non-hydrogen) atoms. The molecule has 0 spiro atoms. The first-order chi connectivity index (χ1) is 8.46. The van der Waals surface area contributed by atoms with Crippen LogP contribution in [0.2, 0.25) is 0 Å². The van der Waals surface area contributed by atoms with E-state index in [-0.39, 0.29) is 5.56 Å². The summed E-state index contributed by atoms with van der Waals surface area (Å²) in [5, 5.41) is 10.7. The van der Waals surface area contributed by atoms with Gasteiger partial charge in [-0.1, -0.05) is 6.07 Å². The highest BCUT2D eigenvalue weighted by molar-refractivity contribution is 7.12. The van der Waals surface area contributed by atoms with Crippen LogP contribution in [0.5, 0.6) is 5.75 Å². The molecule has 2 rings (SSSR count). The van der Waals surface area contributed by atoms with Gasteiger partial charge in [0.2, 0.25) is 0 Å². The second kappa shape index (κ2) is 4.71. The number of rotatable bonds is 3. The molecule has 1 atom stereocenters. The molecule has 0 aliphatic rings. The summed E-state index contributed by atoms with van der Waals surface area (Å²) in [6, 6.07) is 8.25. The maximum absolute atomic E-state index is 14.0. The average molecular weight is 266 g/mol. The average Bonchev–Trinajstić information content (AvgIpc) is 2.75. The fourth-order valence-corrected chi connectivity index (χ4v) is 2.89. The maximum atomic E-state index is 14.0. The Morgan fingerprint density at radius 3 is 2.56 bits per heavy atom. The summed E-state index contributed by atoms with van der Waals surface area (Å²) in [7, 11) is 1.47. The quantitative estimate of drug-likeness (QED) is 0.922. The molecule has 0 bridgehead atoms. The summed E-state index contributed by atoms with van der Waals surface area (Å²) in [5.41, 5.74) is -1.22. The fraction of sp³-hybridized carbons (Fsp3) is 0.286. The molecular formula is C14H15FO2S. The number of aryl methyl sites for hydroxylation is 1. The molecule has 1 N–H and O–H groups in total. The molecule has 0 aliphatic carbocycles. The number of benzene rings is 1. The second-order valence-corrected chi connectivity index (χ2v) is 5.59. The van der Waals surface area contributed by atoms with Gasteiger partial charge in [-0.3, -0.25) is 0 Å². The summed E-state index contributed by atoms with van der Waals surface area (Å²) >= 11 is 1.45. The number of aliphatic hydroxyl groups is 1. The van der Waals surface area contributed by atoms with Crippen molar-refractivity contribution < 1.29 is 14.2 Å². The van der Waals surface area contributed by atoms with E-state index < -0.39 is 11.4 Å². The molecule has 2 nitrogen and oxygen atoms in total. The van der Waals surface area contributed by atoms with E-state index in [9.17, 15) is 9.50 Å². The van der Waals surface area contributed by atoms with Crippen molar-refractivity contribution in [1.82, 2.24) is 0 Å². The van der Waals surface area contributed by atoms with Crippen LogP contribution in [-0.4, -0.2) is 12.2 Å². The zero-order valence-corrected chi connectivity index (χ0v) is 11.3. The molecule has 0 saturated carbocycles. The molecule has 0 radical (unpaired) electrons. The lowest BCUT2D eigenvalue weighted by Crippen LogP contribution is -2.24. The monoisotopic (exact) mass is 266 g/mol. The molecule has 4 heteroatoms. The van der Waals surface area contributed by atoms with Crippen LogP contribution in [0.3, 0.4) is 0 Å². The fourth-order valence-electron chi connectivity index (χ4n) is 1.97. The zero-order valence-electron chi connectivity index (χ0n) is 10.5. The molecule has 1 aromatic carbocycles. The van der Waals surface area contributed by atoms with E-state index in [0.29, 0.717) is 10.6 Å². The molecule has 1 unspecified atom stereocenters. The van der Waals surface area contributed by atoms with Crippen LogP contribution >= 0.6 is 11.3 Å². The van der Waals surface area contributed by atoms with Crippen molar-refractivity contribution >= 4 is 11.3 Å². The molecule has 2 aromatic rings.